The number of nitrogens with one attached hydrogen (secondary N) is 1. The van der Waals surface area contributed by atoms with Gasteiger partial charge < -0.3 is 15.2 Å². The summed E-state index contributed by atoms with van der Waals surface area (Å²) >= 11 is 0. The molecule has 0 aliphatic heterocycles. The van der Waals surface area contributed by atoms with Gasteiger partial charge in [-0.3, -0.25) is 4.79 Å². The third-order valence-corrected chi connectivity index (χ3v) is 1.94. The van der Waals surface area contributed by atoms with Crippen molar-refractivity contribution in [3.63, 3.8) is 0 Å². The number of carbonyl (C=O) groups excluding carboxylic acids is 2. The molecular weight excluding hydrogens is 229 g/mol. The van der Waals surface area contributed by atoms with E-state index >= 15 is 0 Å². The number of carboxylic acid groups (broad SMARTS) is 1. The van der Waals surface area contributed by atoms with Crippen LogP contribution in [0.1, 0.15) is 12.5 Å². The van der Waals surface area contributed by atoms with Gasteiger partial charge in [-0.05, 0) is 18.6 Å². The first-order valence-electron chi connectivity index (χ1n) is 4.84. The Labute approximate surface area is 122 Å². The van der Waals surface area contributed by atoms with E-state index in [4.69, 9.17) is 0 Å². The molecule has 1 N–H and O–H groups in total. The molecule has 0 fully saturated rings. The Morgan fingerprint density at radius 3 is 2.41 bits per heavy atom. The van der Waals surface area contributed by atoms with Gasteiger partial charge >= 0.3 is 29.6 Å². The van der Waals surface area contributed by atoms with Gasteiger partial charge in [0, 0.05) is 6.08 Å². The summed E-state index contributed by atoms with van der Waals surface area (Å²) < 4.78 is 0. The summed E-state index contributed by atoms with van der Waals surface area (Å²) in [7, 11) is 0. The first kappa shape index (κ1) is 15.9. The van der Waals surface area contributed by atoms with Crippen molar-refractivity contribution < 1.29 is 44.3 Å². The summed E-state index contributed by atoms with van der Waals surface area (Å²) in [6.07, 6.45) is 2.89. The van der Waals surface area contributed by atoms with E-state index < -0.39 is 17.9 Å². The number of aliphatic carboxylic acids is 1. The standard InChI is InChI=1S/C12H13NO3.Na/c1-9(12(15)16)13-11(14)8-7-10-5-3-2-4-6-10;/h2-9H,1H3,(H,13,14)(H,15,16);/q;+1/p-1/t9-;/m0./s1. The zero-order chi connectivity index (χ0) is 12.0. The van der Waals surface area contributed by atoms with Crippen LogP contribution in [-0.2, 0) is 9.59 Å². The number of benzene rings is 1. The van der Waals surface area contributed by atoms with Crippen LogP contribution in [0.4, 0.5) is 0 Å². The van der Waals surface area contributed by atoms with Crippen LogP contribution in [0.5, 0.6) is 0 Å². The van der Waals surface area contributed by atoms with Crippen molar-refractivity contribution in [1.82, 2.24) is 5.32 Å². The van der Waals surface area contributed by atoms with Gasteiger partial charge in [-0.25, -0.2) is 0 Å². The van der Waals surface area contributed by atoms with Gasteiger partial charge in [0.1, 0.15) is 0 Å². The molecule has 0 spiro atoms. The number of rotatable bonds is 4. The fourth-order valence-corrected chi connectivity index (χ4v) is 1.06. The molecule has 0 aliphatic carbocycles. The second-order valence-electron chi connectivity index (χ2n) is 3.29. The molecule has 1 aromatic carbocycles. The van der Waals surface area contributed by atoms with Gasteiger partial charge in [0.2, 0.25) is 5.91 Å². The van der Waals surface area contributed by atoms with E-state index in [2.05, 4.69) is 5.32 Å². The molecule has 0 aliphatic rings. The molecule has 0 saturated heterocycles. The minimum atomic E-state index is -1.30. The van der Waals surface area contributed by atoms with E-state index in [0.29, 0.717) is 0 Å². The number of hydrogen-bond donors (Lipinski definition) is 1. The van der Waals surface area contributed by atoms with Gasteiger partial charge in [0.15, 0.2) is 0 Å². The van der Waals surface area contributed by atoms with Crippen LogP contribution in [0, 0.1) is 0 Å². The summed E-state index contributed by atoms with van der Waals surface area (Å²) in [5, 5.41) is 12.6. The van der Waals surface area contributed by atoms with Gasteiger partial charge in [-0.1, -0.05) is 30.3 Å². The maximum atomic E-state index is 11.2. The molecule has 1 aromatic rings. The van der Waals surface area contributed by atoms with Crippen molar-refractivity contribution >= 4 is 18.0 Å². The van der Waals surface area contributed by atoms with E-state index in [0.717, 1.165) is 5.56 Å². The summed E-state index contributed by atoms with van der Waals surface area (Å²) in [5.74, 6) is -1.76. The Kier molecular flexibility index (Phi) is 7.54. The van der Waals surface area contributed by atoms with Crippen molar-refractivity contribution in [3.8, 4) is 0 Å². The normalized spacial score (nSPS) is 11.6. The topological polar surface area (TPSA) is 69.2 Å². The average Bonchev–Trinajstić information content (AvgIpc) is 2.27. The van der Waals surface area contributed by atoms with Crippen LogP contribution in [-0.4, -0.2) is 17.9 Å². The van der Waals surface area contributed by atoms with Crippen LogP contribution >= 0.6 is 0 Å². The SMILES string of the molecule is C[C@H](NC(=O)C=Cc1ccccc1)C(=O)[O-].[Na+]. The molecule has 5 heteroatoms. The van der Waals surface area contributed by atoms with Crippen LogP contribution in [0.15, 0.2) is 36.4 Å². The van der Waals surface area contributed by atoms with Crippen molar-refractivity contribution in [2.45, 2.75) is 13.0 Å². The van der Waals surface area contributed by atoms with E-state index in [-0.39, 0.29) is 29.6 Å². The first-order valence-corrected chi connectivity index (χ1v) is 4.84. The van der Waals surface area contributed by atoms with E-state index in [9.17, 15) is 14.7 Å². The number of amides is 1. The summed E-state index contributed by atoms with van der Waals surface area (Å²) in [6, 6.07) is 8.25. The second kappa shape index (κ2) is 8.06. The average molecular weight is 241 g/mol. The van der Waals surface area contributed by atoms with Crippen molar-refractivity contribution in [2.24, 2.45) is 0 Å². The molecule has 1 amide bonds. The molecule has 1 rings (SSSR count). The Hall–Kier alpha value is -1.10. The maximum absolute atomic E-state index is 11.2. The van der Waals surface area contributed by atoms with Crippen molar-refractivity contribution in [1.29, 1.82) is 0 Å². The maximum Gasteiger partial charge on any atom is 1.00 e. The molecular formula is C12H12NNaO3. The predicted octanol–water partition coefficient (Wildman–Crippen LogP) is -3.04. The summed E-state index contributed by atoms with van der Waals surface area (Å²) in [5.41, 5.74) is 0.874. The largest absolute Gasteiger partial charge is 1.00 e. The Bertz CT molecular complexity index is 403. The third kappa shape index (κ3) is 6.26. The Morgan fingerprint density at radius 2 is 1.88 bits per heavy atom. The molecule has 0 unspecified atom stereocenters. The molecule has 1 atom stereocenters. The zero-order valence-corrected chi connectivity index (χ0v) is 11.8. The predicted molar refractivity (Wildman–Crippen MR) is 58.1 cm³/mol. The van der Waals surface area contributed by atoms with Crippen molar-refractivity contribution in [2.75, 3.05) is 0 Å². The first-order chi connectivity index (χ1) is 7.59. The molecule has 0 bridgehead atoms. The molecule has 4 nitrogen and oxygen atoms in total. The monoisotopic (exact) mass is 241 g/mol. The minimum absolute atomic E-state index is 0. The minimum Gasteiger partial charge on any atom is -0.548 e. The second-order valence-corrected chi connectivity index (χ2v) is 3.29. The molecule has 0 aromatic heterocycles. The number of carbonyl (C=O) groups is 2. The summed E-state index contributed by atoms with van der Waals surface area (Å²) in [4.78, 5) is 21.6. The quantitative estimate of drug-likeness (QED) is 0.450. The van der Waals surface area contributed by atoms with E-state index in [1.807, 2.05) is 30.3 Å². The fourth-order valence-electron chi connectivity index (χ4n) is 1.06. The Morgan fingerprint density at radius 1 is 1.29 bits per heavy atom. The molecule has 84 valence electrons. The fraction of sp³-hybridized carbons (Fsp3) is 0.167. The molecule has 0 radical (unpaired) electrons. The van der Waals surface area contributed by atoms with E-state index in [1.54, 1.807) is 6.08 Å². The van der Waals surface area contributed by atoms with Crippen LogP contribution in [0.2, 0.25) is 0 Å². The zero-order valence-electron chi connectivity index (χ0n) is 9.84. The van der Waals surface area contributed by atoms with Crippen LogP contribution in [0.25, 0.3) is 6.08 Å². The molecule has 0 heterocycles. The van der Waals surface area contributed by atoms with Crippen LogP contribution < -0.4 is 40.0 Å². The number of carboxylic acids is 1. The molecule has 17 heavy (non-hydrogen) atoms. The van der Waals surface area contributed by atoms with Crippen molar-refractivity contribution in [3.05, 3.63) is 42.0 Å². The van der Waals surface area contributed by atoms with Crippen LogP contribution in [0.3, 0.4) is 0 Å². The number of hydrogen-bond acceptors (Lipinski definition) is 3. The summed E-state index contributed by atoms with van der Waals surface area (Å²) in [6.45, 7) is 1.35. The van der Waals surface area contributed by atoms with Gasteiger partial charge in [0.05, 0.1) is 12.0 Å². The van der Waals surface area contributed by atoms with Gasteiger partial charge in [0.25, 0.3) is 0 Å². The Balaban J connectivity index is 0.00000256. The smallest absolute Gasteiger partial charge is 0.548 e. The van der Waals surface area contributed by atoms with Gasteiger partial charge in [-0.15, -0.1) is 0 Å². The third-order valence-electron chi connectivity index (χ3n) is 1.94. The molecule has 0 saturated carbocycles. The van der Waals surface area contributed by atoms with Gasteiger partial charge in [-0.2, -0.15) is 0 Å². The van der Waals surface area contributed by atoms with E-state index in [1.165, 1.54) is 13.0 Å².